The molecule has 0 aromatic carbocycles. The van der Waals surface area contributed by atoms with Crippen LogP contribution in [0.25, 0.3) is 0 Å². The number of hydrogen-bond donors (Lipinski definition) is 0. The zero-order valence-electron chi connectivity index (χ0n) is 12.6. The van der Waals surface area contributed by atoms with E-state index in [1.807, 2.05) is 0 Å². The molecule has 0 N–H and O–H groups in total. The Morgan fingerprint density at radius 1 is 0.722 bits per heavy atom. The van der Waals surface area contributed by atoms with Gasteiger partial charge in [0.25, 0.3) is 0 Å². The van der Waals surface area contributed by atoms with E-state index in [4.69, 9.17) is 0 Å². The fourth-order valence-corrected chi connectivity index (χ4v) is 3.27. The van der Waals surface area contributed by atoms with Gasteiger partial charge in [-0.05, 0) is 53.9 Å². The predicted molar refractivity (Wildman–Crippen MR) is 76.6 cm³/mol. The van der Waals surface area contributed by atoms with Crippen LogP contribution in [0.15, 0.2) is 0 Å². The summed E-state index contributed by atoms with van der Waals surface area (Å²) in [6, 6.07) is 1.53. The molecule has 2 heterocycles. The van der Waals surface area contributed by atoms with Crippen molar-refractivity contribution >= 4 is 0 Å². The standard InChI is InChI=1S/C14H30N4/c1-15(2)13-7-10-17(11-8-13)18-9-5-6-14(12-18)16(3)4/h13-14H,5-12H2,1-4H3. The lowest BCUT2D eigenvalue weighted by Crippen LogP contribution is -2.56. The van der Waals surface area contributed by atoms with Crippen molar-refractivity contribution in [3.8, 4) is 0 Å². The van der Waals surface area contributed by atoms with Gasteiger partial charge in [0.15, 0.2) is 0 Å². The highest BCUT2D eigenvalue weighted by Crippen LogP contribution is 2.20. The Morgan fingerprint density at radius 3 is 1.89 bits per heavy atom. The number of hydrogen-bond acceptors (Lipinski definition) is 4. The van der Waals surface area contributed by atoms with Crippen LogP contribution in [0.4, 0.5) is 0 Å². The van der Waals surface area contributed by atoms with Crippen LogP contribution in [0.1, 0.15) is 25.7 Å². The molecule has 18 heavy (non-hydrogen) atoms. The zero-order valence-corrected chi connectivity index (χ0v) is 12.6. The van der Waals surface area contributed by atoms with Gasteiger partial charge in [0.2, 0.25) is 0 Å². The molecule has 0 spiro atoms. The van der Waals surface area contributed by atoms with Crippen LogP contribution >= 0.6 is 0 Å². The van der Waals surface area contributed by atoms with E-state index < -0.39 is 0 Å². The Kier molecular flexibility index (Phi) is 5.01. The molecule has 0 radical (unpaired) electrons. The van der Waals surface area contributed by atoms with Gasteiger partial charge < -0.3 is 9.80 Å². The van der Waals surface area contributed by atoms with Crippen molar-refractivity contribution in [2.75, 3.05) is 54.4 Å². The highest BCUT2D eigenvalue weighted by molar-refractivity contribution is 4.81. The molecule has 0 aromatic heterocycles. The molecule has 2 aliphatic heterocycles. The first-order valence-corrected chi connectivity index (χ1v) is 7.40. The smallest absolute Gasteiger partial charge is 0.0289 e. The number of likely N-dealkylation sites (N-methyl/N-ethyl adjacent to an activating group) is 1. The Labute approximate surface area is 112 Å². The third-order valence-corrected chi connectivity index (χ3v) is 4.68. The lowest BCUT2D eigenvalue weighted by Gasteiger charge is -2.45. The first kappa shape index (κ1) is 14.3. The van der Waals surface area contributed by atoms with Gasteiger partial charge in [-0.1, -0.05) is 0 Å². The molecule has 106 valence electrons. The summed E-state index contributed by atoms with van der Waals surface area (Å²) in [6.45, 7) is 4.96. The first-order valence-electron chi connectivity index (χ1n) is 7.40. The second-order valence-electron chi connectivity index (χ2n) is 6.32. The first-order chi connectivity index (χ1) is 8.58. The molecule has 2 saturated heterocycles. The third-order valence-electron chi connectivity index (χ3n) is 4.68. The minimum absolute atomic E-state index is 0.741. The SMILES string of the molecule is CN(C)C1CCN(N2CCCC(N(C)C)C2)CC1. The maximum atomic E-state index is 2.61. The topological polar surface area (TPSA) is 13.0 Å². The summed E-state index contributed by atoms with van der Waals surface area (Å²) in [7, 11) is 8.85. The monoisotopic (exact) mass is 254 g/mol. The van der Waals surface area contributed by atoms with E-state index >= 15 is 0 Å². The summed E-state index contributed by atoms with van der Waals surface area (Å²) in [4.78, 5) is 4.77. The van der Waals surface area contributed by atoms with Gasteiger partial charge in [-0.2, -0.15) is 0 Å². The molecule has 0 saturated carbocycles. The fraction of sp³-hybridized carbons (Fsp3) is 1.00. The summed E-state index contributed by atoms with van der Waals surface area (Å²) in [5, 5.41) is 5.22. The van der Waals surface area contributed by atoms with Crippen LogP contribution < -0.4 is 0 Å². The van der Waals surface area contributed by atoms with E-state index in [1.54, 1.807) is 0 Å². The minimum atomic E-state index is 0.741. The quantitative estimate of drug-likeness (QED) is 0.743. The van der Waals surface area contributed by atoms with Gasteiger partial charge in [-0.3, -0.25) is 0 Å². The summed E-state index contributed by atoms with van der Waals surface area (Å²) < 4.78 is 0. The van der Waals surface area contributed by atoms with E-state index in [0.29, 0.717) is 0 Å². The largest absolute Gasteiger partial charge is 0.306 e. The number of piperidine rings is 2. The number of hydrazine groups is 1. The van der Waals surface area contributed by atoms with Crippen molar-refractivity contribution in [3.63, 3.8) is 0 Å². The van der Waals surface area contributed by atoms with E-state index in [-0.39, 0.29) is 0 Å². The second kappa shape index (κ2) is 6.33. The van der Waals surface area contributed by atoms with Gasteiger partial charge in [0.05, 0.1) is 0 Å². The molecule has 4 nitrogen and oxygen atoms in total. The molecule has 4 heteroatoms. The summed E-state index contributed by atoms with van der Waals surface area (Å²) in [5.41, 5.74) is 0. The number of nitrogens with zero attached hydrogens (tertiary/aromatic N) is 4. The Balaban J connectivity index is 1.82. The number of rotatable bonds is 3. The lowest BCUT2D eigenvalue weighted by molar-refractivity contribution is -0.0793. The van der Waals surface area contributed by atoms with Crippen molar-refractivity contribution < 1.29 is 0 Å². The molecule has 2 aliphatic rings. The predicted octanol–water partition coefficient (Wildman–Crippen LogP) is 0.953. The molecule has 2 rings (SSSR count). The van der Waals surface area contributed by atoms with Crippen LogP contribution in [0.5, 0.6) is 0 Å². The van der Waals surface area contributed by atoms with Crippen molar-refractivity contribution in [3.05, 3.63) is 0 Å². The van der Waals surface area contributed by atoms with E-state index in [0.717, 1.165) is 12.1 Å². The molecule has 0 bridgehead atoms. The van der Waals surface area contributed by atoms with Crippen LogP contribution in [0.3, 0.4) is 0 Å². The van der Waals surface area contributed by atoms with Gasteiger partial charge in [-0.25, -0.2) is 10.0 Å². The molecule has 2 fully saturated rings. The molecule has 0 aromatic rings. The minimum Gasteiger partial charge on any atom is -0.306 e. The van der Waals surface area contributed by atoms with Crippen molar-refractivity contribution in [1.82, 2.24) is 19.8 Å². The normalized spacial score (nSPS) is 29.3. The van der Waals surface area contributed by atoms with E-state index in [1.165, 1.54) is 51.9 Å². The summed E-state index contributed by atoms with van der Waals surface area (Å²) in [6.07, 6.45) is 5.33. The van der Waals surface area contributed by atoms with Gasteiger partial charge in [0, 0.05) is 38.3 Å². The summed E-state index contributed by atoms with van der Waals surface area (Å²) in [5.74, 6) is 0. The van der Waals surface area contributed by atoms with Crippen LogP contribution in [0.2, 0.25) is 0 Å². The molecule has 1 atom stereocenters. The lowest BCUT2D eigenvalue weighted by atomic mass is 10.0. The maximum Gasteiger partial charge on any atom is 0.0289 e. The van der Waals surface area contributed by atoms with Gasteiger partial charge in [0.1, 0.15) is 0 Å². The molecular weight excluding hydrogens is 224 g/mol. The van der Waals surface area contributed by atoms with Crippen LogP contribution in [-0.2, 0) is 0 Å². The Morgan fingerprint density at radius 2 is 1.33 bits per heavy atom. The van der Waals surface area contributed by atoms with Crippen LogP contribution in [0, 0.1) is 0 Å². The van der Waals surface area contributed by atoms with Crippen molar-refractivity contribution in [2.45, 2.75) is 37.8 Å². The van der Waals surface area contributed by atoms with Crippen LogP contribution in [-0.4, -0.2) is 86.3 Å². The van der Waals surface area contributed by atoms with Crippen molar-refractivity contribution in [2.24, 2.45) is 0 Å². The molecule has 1 unspecified atom stereocenters. The van der Waals surface area contributed by atoms with Crippen molar-refractivity contribution in [1.29, 1.82) is 0 Å². The second-order valence-corrected chi connectivity index (χ2v) is 6.32. The Hall–Kier alpha value is -0.160. The maximum absolute atomic E-state index is 2.61. The fourth-order valence-electron chi connectivity index (χ4n) is 3.27. The Bertz CT molecular complexity index is 246. The molecule has 0 aliphatic carbocycles. The molecular formula is C14H30N4. The summed E-state index contributed by atoms with van der Waals surface area (Å²) >= 11 is 0. The highest BCUT2D eigenvalue weighted by atomic mass is 15.6. The third kappa shape index (κ3) is 3.44. The average Bonchev–Trinajstić information content (AvgIpc) is 2.39. The van der Waals surface area contributed by atoms with Gasteiger partial charge in [-0.15, -0.1) is 0 Å². The van der Waals surface area contributed by atoms with Gasteiger partial charge >= 0.3 is 0 Å². The zero-order chi connectivity index (χ0) is 13.1. The van der Waals surface area contributed by atoms with E-state index in [9.17, 15) is 0 Å². The van der Waals surface area contributed by atoms with E-state index in [2.05, 4.69) is 48.0 Å². The average molecular weight is 254 g/mol. The highest BCUT2D eigenvalue weighted by Gasteiger charge is 2.28. The molecule has 0 amide bonds.